The number of nitrogens with zero attached hydrogens (tertiary/aromatic N) is 4. The zero-order valence-electron chi connectivity index (χ0n) is 16.1. The molecule has 1 aliphatic heterocycles. The summed E-state index contributed by atoms with van der Waals surface area (Å²) in [5.41, 5.74) is 0.0449. The van der Waals surface area contributed by atoms with Gasteiger partial charge in [0.2, 0.25) is 5.91 Å². The van der Waals surface area contributed by atoms with Gasteiger partial charge in [-0.25, -0.2) is 0 Å². The monoisotopic (exact) mass is 370 g/mol. The molecule has 1 aromatic heterocycles. The molecule has 0 saturated carbocycles. The van der Waals surface area contributed by atoms with Crippen molar-refractivity contribution in [2.45, 2.75) is 24.8 Å². The second-order valence-corrected chi connectivity index (χ2v) is 7.13. The molecular formula is C20H26N4O3. The van der Waals surface area contributed by atoms with E-state index in [0.717, 1.165) is 17.7 Å². The minimum absolute atomic E-state index is 0.00559. The summed E-state index contributed by atoms with van der Waals surface area (Å²) in [6.45, 7) is 0.973. The molecule has 1 fully saturated rings. The van der Waals surface area contributed by atoms with E-state index < -0.39 is 5.54 Å². The topological polar surface area (TPSA) is 67.7 Å². The zero-order valence-corrected chi connectivity index (χ0v) is 16.1. The van der Waals surface area contributed by atoms with E-state index in [1.165, 1.54) is 0 Å². The van der Waals surface area contributed by atoms with Gasteiger partial charge in [-0.05, 0) is 36.6 Å². The van der Waals surface area contributed by atoms with E-state index >= 15 is 0 Å². The maximum Gasteiger partial charge on any atom is 0.251 e. The predicted molar refractivity (Wildman–Crippen MR) is 101 cm³/mol. The molecule has 0 spiro atoms. The Bertz CT molecular complexity index is 803. The number of ether oxygens (including phenoxy) is 1. The van der Waals surface area contributed by atoms with Crippen LogP contribution in [0.25, 0.3) is 0 Å². The number of carbonyl (C=O) groups excluding carboxylic acids is 2. The Kier molecular flexibility index (Phi) is 5.48. The van der Waals surface area contributed by atoms with Gasteiger partial charge in [0.1, 0.15) is 5.75 Å². The number of rotatable bonds is 5. The van der Waals surface area contributed by atoms with Gasteiger partial charge in [-0.15, -0.1) is 0 Å². The summed E-state index contributed by atoms with van der Waals surface area (Å²) in [5, 5.41) is 4.33. The first-order chi connectivity index (χ1) is 13.0. The van der Waals surface area contributed by atoms with Gasteiger partial charge in [0.25, 0.3) is 5.91 Å². The van der Waals surface area contributed by atoms with Gasteiger partial charge >= 0.3 is 0 Å². The lowest BCUT2D eigenvalue weighted by Crippen LogP contribution is -2.59. The van der Waals surface area contributed by atoms with E-state index in [4.69, 9.17) is 4.74 Å². The van der Waals surface area contributed by atoms with E-state index in [9.17, 15) is 9.59 Å². The number of likely N-dealkylation sites (tertiary alicyclic amines) is 1. The van der Waals surface area contributed by atoms with E-state index in [1.54, 1.807) is 48.1 Å². The molecule has 0 aliphatic carbocycles. The van der Waals surface area contributed by atoms with Gasteiger partial charge in [0.05, 0.1) is 20.1 Å². The Morgan fingerprint density at radius 2 is 2.11 bits per heavy atom. The second-order valence-electron chi connectivity index (χ2n) is 7.13. The predicted octanol–water partition coefficient (Wildman–Crippen LogP) is 1.54. The van der Waals surface area contributed by atoms with Gasteiger partial charge in [0, 0.05) is 33.0 Å². The van der Waals surface area contributed by atoms with Crippen LogP contribution in [0.2, 0.25) is 0 Å². The molecule has 2 aromatic rings. The molecule has 1 saturated heterocycles. The maximum atomic E-state index is 13.0. The van der Waals surface area contributed by atoms with Crippen molar-refractivity contribution in [2.24, 2.45) is 0 Å². The van der Waals surface area contributed by atoms with Crippen LogP contribution in [0.1, 0.15) is 18.4 Å². The third-order valence-corrected chi connectivity index (χ3v) is 5.06. The highest BCUT2D eigenvalue weighted by Gasteiger charge is 2.46. The quantitative estimate of drug-likeness (QED) is 0.801. The summed E-state index contributed by atoms with van der Waals surface area (Å²) in [6.07, 6.45) is 5.17. The molecule has 27 heavy (non-hydrogen) atoms. The van der Waals surface area contributed by atoms with Crippen LogP contribution in [-0.4, -0.2) is 65.7 Å². The minimum Gasteiger partial charge on any atom is -0.497 e. The van der Waals surface area contributed by atoms with Crippen LogP contribution in [0.5, 0.6) is 5.75 Å². The van der Waals surface area contributed by atoms with Gasteiger partial charge in [-0.2, -0.15) is 5.10 Å². The SMILES string of the molecule is COc1cccc(CC(=O)N2CCCC(C(=O)N(C)C)(n3cccn3)C2)c1. The first-order valence-corrected chi connectivity index (χ1v) is 9.09. The molecule has 7 heteroatoms. The van der Waals surface area contributed by atoms with Gasteiger partial charge in [-0.3, -0.25) is 14.3 Å². The number of likely N-dealkylation sites (N-methyl/N-ethyl adjacent to an activating group) is 1. The Labute approximate surface area is 159 Å². The standard InChI is InChI=1S/C20H26N4O3/c1-22(2)19(26)20(24-12-6-10-21-24)9-5-11-23(15-20)18(25)14-16-7-4-8-17(13-16)27-3/h4,6-8,10,12-13H,5,9,11,14-15H2,1-3H3. The minimum atomic E-state index is -0.852. The van der Waals surface area contributed by atoms with E-state index in [2.05, 4.69) is 5.10 Å². The van der Waals surface area contributed by atoms with E-state index in [0.29, 0.717) is 19.5 Å². The van der Waals surface area contributed by atoms with Crippen LogP contribution in [0, 0.1) is 0 Å². The molecule has 3 rings (SSSR count). The largest absolute Gasteiger partial charge is 0.497 e. The fourth-order valence-electron chi connectivity index (χ4n) is 3.72. The summed E-state index contributed by atoms with van der Waals surface area (Å²) < 4.78 is 6.94. The molecule has 2 amide bonds. The molecule has 0 bridgehead atoms. The van der Waals surface area contributed by atoms with Gasteiger partial charge < -0.3 is 14.5 Å². The average Bonchev–Trinajstić information content (AvgIpc) is 3.22. The number of methoxy groups -OCH3 is 1. The van der Waals surface area contributed by atoms with Crippen LogP contribution >= 0.6 is 0 Å². The van der Waals surface area contributed by atoms with Crippen molar-refractivity contribution in [3.05, 3.63) is 48.3 Å². The summed E-state index contributed by atoms with van der Waals surface area (Å²) in [4.78, 5) is 29.4. The van der Waals surface area contributed by atoms with Crippen molar-refractivity contribution in [3.63, 3.8) is 0 Å². The van der Waals surface area contributed by atoms with Crippen molar-refractivity contribution in [1.29, 1.82) is 0 Å². The fourth-order valence-corrected chi connectivity index (χ4v) is 3.72. The summed E-state index contributed by atoms with van der Waals surface area (Å²) >= 11 is 0. The highest BCUT2D eigenvalue weighted by atomic mass is 16.5. The smallest absolute Gasteiger partial charge is 0.251 e. The molecule has 0 radical (unpaired) electrons. The van der Waals surface area contributed by atoms with Crippen molar-refractivity contribution in [2.75, 3.05) is 34.3 Å². The zero-order chi connectivity index (χ0) is 19.4. The molecular weight excluding hydrogens is 344 g/mol. The maximum absolute atomic E-state index is 13.0. The normalized spacial score (nSPS) is 19.6. The molecule has 144 valence electrons. The average molecular weight is 370 g/mol. The van der Waals surface area contributed by atoms with Crippen LogP contribution in [0.4, 0.5) is 0 Å². The lowest BCUT2D eigenvalue weighted by Gasteiger charge is -2.43. The van der Waals surface area contributed by atoms with Crippen molar-refractivity contribution in [3.8, 4) is 5.75 Å². The molecule has 7 nitrogen and oxygen atoms in total. The highest BCUT2D eigenvalue weighted by molar-refractivity contribution is 5.86. The Morgan fingerprint density at radius 1 is 1.30 bits per heavy atom. The van der Waals surface area contributed by atoms with Crippen LogP contribution in [-0.2, 0) is 21.5 Å². The number of aromatic nitrogens is 2. The number of hydrogen-bond acceptors (Lipinski definition) is 4. The summed E-state index contributed by atoms with van der Waals surface area (Å²) in [7, 11) is 5.09. The highest BCUT2D eigenvalue weighted by Crippen LogP contribution is 2.30. The van der Waals surface area contributed by atoms with Crippen molar-refractivity contribution in [1.82, 2.24) is 19.6 Å². The van der Waals surface area contributed by atoms with Crippen LogP contribution in [0.3, 0.4) is 0 Å². The molecule has 1 atom stereocenters. The number of benzene rings is 1. The molecule has 2 heterocycles. The van der Waals surface area contributed by atoms with Gasteiger partial charge in [0.15, 0.2) is 5.54 Å². The Morgan fingerprint density at radius 3 is 2.78 bits per heavy atom. The molecule has 1 aromatic carbocycles. The number of carbonyl (C=O) groups is 2. The second kappa shape index (κ2) is 7.82. The van der Waals surface area contributed by atoms with Crippen molar-refractivity contribution < 1.29 is 14.3 Å². The molecule has 0 N–H and O–H groups in total. The fraction of sp³-hybridized carbons (Fsp3) is 0.450. The summed E-state index contributed by atoms with van der Waals surface area (Å²) in [5.74, 6) is 0.698. The Hall–Kier alpha value is -2.83. The number of amides is 2. The molecule has 1 aliphatic rings. The third-order valence-electron chi connectivity index (χ3n) is 5.06. The van der Waals surface area contributed by atoms with Gasteiger partial charge in [-0.1, -0.05) is 12.1 Å². The Balaban J connectivity index is 1.82. The van der Waals surface area contributed by atoms with E-state index in [-0.39, 0.29) is 18.2 Å². The van der Waals surface area contributed by atoms with Crippen molar-refractivity contribution >= 4 is 11.8 Å². The number of hydrogen-bond donors (Lipinski definition) is 0. The van der Waals surface area contributed by atoms with E-state index in [1.807, 2.05) is 30.3 Å². The van der Waals surface area contributed by atoms with Crippen LogP contribution in [0.15, 0.2) is 42.7 Å². The lowest BCUT2D eigenvalue weighted by molar-refractivity contribution is -0.146. The first kappa shape index (κ1) is 18.9. The molecule has 1 unspecified atom stereocenters. The summed E-state index contributed by atoms with van der Waals surface area (Å²) in [6, 6.07) is 9.32. The first-order valence-electron chi connectivity index (χ1n) is 9.09. The number of piperidine rings is 1. The third kappa shape index (κ3) is 3.82. The van der Waals surface area contributed by atoms with Crippen LogP contribution < -0.4 is 4.74 Å². The lowest BCUT2D eigenvalue weighted by atomic mass is 9.87.